The van der Waals surface area contributed by atoms with E-state index in [2.05, 4.69) is 0 Å². The molecule has 1 aliphatic rings. The fourth-order valence-electron chi connectivity index (χ4n) is 2.20. The van der Waals surface area contributed by atoms with Crippen LogP contribution in [0.2, 0.25) is 0 Å². The van der Waals surface area contributed by atoms with Crippen LogP contribution in [-0.2, 0) is 9.53 Å². The Hall–Kier alpha value is -0.610. The number of nitrogens with zero attached hydrogens (tertiary/aromatic N) is 1. The molecule has 16 heavy (non-hydrogen) atoms. The third kappa shape index (κ3) is 4.10. The van der Waals surface area contributed by atoms with Gasteiger partial charge in [-0.2, -0.15) is 0 Å². The van der Waals surface area contributed by atoms with E-state index in [0.717, 1.165) is 38.6 Å². The first-order valence-electron chi connectivity index (χ1n) is 6.36. The summed E-state index contributed by atoms with van der Waals surface area (Å²) in [7, 11) is 0. The Morgan fingerprint density at radius 3 is 3.06 bits per heavy atom. The molecule has 0 spiro atoms. The Morgan fingerprint density at radius 2 is 2.38 bits per heavy atom. The molecule has 1 atom stereocenters. The predicted octanol–water partition coefficient (Wildman–Crippen LogP) is 1.14. The first kappa shape index (κ1) is 13.5. The maximum atomic E-state index is 11.9. The average Bonchev–Trinajstić information content (AvgIpc) is 2.74. The van der Waals surface area contributed by atoms with Gasteiger partial charge >= 0.3 is 0 Å². The van der Waals surface area contributed by atoms with Gasteiger partial charge in [0.15, 0.2) is 0 Å². The molecule has 1 aliphatic heterocycles. The van der Waals surface area contributed by atoms with Gasteiger partial charge in [-0.3, -0.25) is 4.79 Å². The van der Waals surface area contributed by atoms with Crippen LogP contribution in [0.1, 0.15) is 39.0 Å². The first-order chi connectivity index (χ1) is 7.79. The second kappa shape index (κ2) is 7.63. The minimum absolute atomic E-state index is 0.146. The Kier molecular flexibility index (Phi) is 6.42. The Bertz CT molecular complexity index is 209. The number of hydrogen-bond donors (Lipinski definition) is 1. The molecule has 1 rings (SSSR count). The number of hydrogen-bond acceptors (Lipinski definition) is 3. The Labute approximate surface area is 98.1 Å². The molecule has 0 saturated carbocycles. The number of nitrogens with two attached hydrogens (primary N) is 1. The molecule has 0 radical (unpaired) electrons. The second-order valence-corrected chi connectivity index (χ2v) is 4.37. The molecule has 0 aromatic carbocycles. The Balaban J connectivity index is 2.29. The van der Waals surface area contributed by atoms with E-state index in [-0.39, 0.29) is 12.5 Å². The van der Waals surface area contributed by atoms with Crippen molar-refractivity contribution in [2.45, 2.75) is 45.1 Å². The van der Waals surface area contributed by atoms with Crippen LogP contribution in [0, 0.1) is 0 Å². The summed E-state index contributed by atoms with van der Waals surface area (Å²) in [6.07, 6.45) is 5.25. The predicted molar refractivity (Wildman–Crippen MR) is 64.1 cm³/mol. The molecule has 1 heterocycles. The zero-order valence-electron chi connectivity index (χ0n) is 10.3. The van der Waals surface area contributed by atoms with Gasteiger partial charge in [-0.25, -0.2) is 0 Å². The Morgan fingerprint density at radius 1 is 1.56 bits per heavy atom. The summed E-state index contributed by atoms with van der Waals surface area (Å²) < 4.78 is 5.29. The SMILES string of the molecule is CCCOCC(=O)N1CCCC1CCCN. The highest BCUT2D eigenvalue weighted by Crippen LogP contribution is 2.21. The van der Waals surface area contributed by atoms with Crippen molar-refractivity contribution in [1.29, 1.82) is 0 Å². The summed E-state index contributed by atoms with van der Waals surface area (Å²) in [6.45, 7) is 4.57. The standard InChI is InChI=1S/C12H24N2O2/c1-2-9-16-10-12(15)14-8-4-6-11(14)5-3-7-13/h11H,2-10,13H2,1H3. The summed E-state index contributed by atoms with van der Waals surface area (Å²) in [5.74, 6) is 0.146. The van der Waals surface area contributed by atoms with Crippen molar-refractivity contribution in [3.63, 3.8) is 0 Å². The summed E-state index contributed by atoms with van der Waals surface area (Å²) in [4.78, 5) is 13.8. The van der Waals surface area contributed by atoms with Crippen LogP contribution in [0.3, 0.4) is 0 Å². The second-order valence-electron chi connectivity index (χ2n) is 4.37. The molecule has 4 heteroatoms. The van der Waals surface area contributed by atoms with Crippen LogP contribution in [0.5, 0.6) is 0 Å². The van der Waals surface area contributed by atoms with E-state index in [0.29, 0.717) is 19.2 Å². The highest BCUT2D eigenvalue weighted by Gasteiger charge is 2.27. The number of carbonyl (C=O) groups is 1. The van der Waals surface area contributed by atoms with Crippen LogP contribution in [0.4, 0.5) is 0 Å². The van der Waals surface area contributed by atoms with Crippen molar-refractivity contribution in [3.05, 3.63) is 0 Å². The molecule has 0 aromatic heterocycles. The highest BCUT2D eigenvalue weighted by molar-refractivity contribution is 5.78. The number of ether oxygens (including phenoxy) is 1. The van der Waals surface area contributed by atoms with Crippen LogP contribution < -0.4 is 5.73 Å². The molecule has 1 saturated heterocycles. The lowest BCUT2D eigenvalue weighted by molar-refractivity contribution is -0.137. The smallest absolute Gasteiger partial charge is 0.248 e. The fourth-order valence-corrected chi connectivity index (χ4v) is 2.20. The minimum Gasteiger partial charge on any atom is -0.372 e. The maximum Gasteiger partial charge on any atom is 0.248 e. The molecule has 0 aromatic rings. The molecule has 0 aliphatic carbocycles. The molecule has 1 unspecified atom stereocenters. The maximum absolute atomic E-state index is 11.9. The van der Waals surface area contributed by atoms with Gasteiger partial charge in [-0.1, -0.05) is 6.92 Å². The van der Waals surface area contributed by atoms with Crippen LogP contribution in [0.25, 0.3) is 0 Å². The van der Waals surface area contributed by atoms with E-state index >= 15 is 0 Å². The molecule has 4 nitrogen and oxygen atoms in total. The lowest BCUT2D eigenvalue weighted by atomic mass is 10.1. The van der Waals surface area contributed by atoms with Crippen molar-refractivity contribution in [2.24, 2.45) is 5.73 Å². The van der Waals surface area contributed by atoms with Crippen molar-refractivity contribution in [3.8, 4) is 0 Å². The van der Waals surface area contributed by atoms with E-state index in [4.69, 9.17) is 10.5 Å². The van der Waals surface area contributed by atoms with Gasteiger partial charge in [0.25, 0.3) is 0 Å². The fraction of sp³-hybridized carbons (Fsp3) is 0.917. The normalized spacial score (nSPS) is 20.4. The van der Waals surface area contributed by atoms with Gasteiger partial charge in [0.1, 0.15) is 6.61 Å². The third-order valence-corrected chi connectivity index (χ3v) is 3.01. The van der Waals surface area contributed by atoms with E-state index in [1.54, 1.807) is 0 Å². The number of amides is 1. The summed E-state index contributed by atoms with van der Waals surface area (Å²) in [5, 5.41) is 0. The first-order valence-corrected chi connectivity index (χ1v) is 6.36. The average molecular weight is 228 g/mol. The summed E-state index contributed by atoms with van der Waals surface area (Å²) >= 11 is 0. The zero-order valence-corrected chi connectivity index (χ0v) is 10.3. The molecular weight excluding hydrogens is 204 g/mol. The van der Waals surface area contributed by atoms with Gasteiger partial charge in [0.05, 0.1) is 0 Å². The van der Waals surface area contributed by atoms with Crippen molar-refractivity contribution >= 4 is 5.91 Å². The molecule has 0 bridgehead atoms. The van der Waals surface area contributed by atoms with Gasteiger partial charge in [-0.15, -0.1) is 0 Å². The molecule has 1 fully saturated rings. The topological polar surface area (TPSA) is 55.6 Å². The van der Waals surface area contributed by atoms with Crippen LogP contribution >= 0.6 is 0 Å². The highest BCUT2D eigenvalue weighted by atomic mass is 16.5. The quantitative estimate of drug-likeness (QED) is 0.665. The summed E-state index contributed by atoms with van der Waals surface area (Å²) in [5.41, 5.74) is 5.50. The van der Waals surface area contributed by atoms with Crippen LogP contribution in [0.15, 0.2) is 0 Å². The van der Waals surface area contributed by atoms with Crippen molar-refractivity contribution < 1.29 is 9.53 Å². The minimum atomic E-state index is 0.146. The third-order valence-electron chi connectivity index (χ3n) is 3.01. The van der Waals surface area contributed by atoms with Crippen molar-refractivity contribution in [1.82, 2.24) is 4.90 Å². The van der Waals surface area contributed by atoms with E-state index in [9.17, 15) is 4.79 Å². The zero-order chi connectivity index (χ0) is 11.8. The lowest BCUT2D eigenvalue weighted by Gasteiger charge is -2.24. The molecule has 94 valence electrons. The van der Waals surface area contributed by atoms with E-state index in [1.807, 2.05) is 11.8 Å². The van der Waals surface area contributed by atoms with Crippen LogP contribution in [-0.4, -0.2) is 43.2 Å². The molecular formula is C12H24N2O2. The lowest BCUT2D eigenvalue weighted by Crippen LogP contribution is -2.38. The van der Waals surface area contributed by atoms with Gasteiger partial charge in [-0.05, 0) is 38.6 Å². The van der Waals surface area contributed by atoms with Crippen molar-refractivity contribution in [2.75, 3.05) is 26.3 Å². The van der Waals surface area contributed by atoms with Gasteiger partial charge < -0.3 is 15.4 Å². The largest absolute Gasteiger partial charge is 0.372 e. The monoisotopic (exact) mass is 228 g/mol. The number of carbonyl (C=O) groups excluding carboxylic acids is 1. The van der Waals surface area contributed by atoms with Gasteiger partial charge in [0.2, 0.25) is 5.91 Å². The van der Waals surface area contributed by atoms with E-state index in [1.165, 1.54) is 0 Å². The molecule has 2 N–H and O–H groups in total. The number of rotatable bonds is 7. The summed E-state index contributed by atoms with van der Waals surface area (Å²) in [6, 6.07) is 0.404. The molecule has 1 amide bonds. The number of likely N-dealkylation sites (tertiary alicyclic amines) is 1. The van der Waals surface area contributed by atoms with E-state index < -0.39 is 0 Å². The van der Waals surface area contributed by atoms with Gasteiger partial charge in [0, 0.05) is 19.2 Å².